The zero-order valence-electron chi connectivity index (χ0n) is 11.4. The van der Waals surface area contributed by atoms with Gasteiger partial charge in [-0.3, -0.25) is 0 Å². The molecule has 2 heteroatoms. The first-order valence-corrected chi connectivity index (χ1v) is 7.65. The van der Waals surface area contributed by atoms with Crippen LogP contribution in [0.25, 0.3) is 0 Å². The summed E-state index contributed by atoms with van der Waals surface area (Å²) >= 11 is 1.23. The van der Waals surface area contributed by atoms with Crippen molar-refractivity contribution in [3.05, 3.63) is 102 Å². The van der Waals surface area contributed by atoms with Crippen LogP contribution in [0.4, 0.5) is 4.39 Å². The van der Waals surface area contributed by atoms with Crippen LogP contribution in [0, 0.1) is 0 Å². The lowest BCUT2D eigenvalue weighted by Crippen LogP contribution is -2.17. The Bertz CT molecular complexity index is 641. The van der Waals surface area contributed by atoms with Gasteiger partial charge < -0.3 is 0 Å². The van der Waals surface area contributed by atoms with E-state index in [1.165, 1.54) is 11.8 Å². The lowest BCUT2D eigenvalue weighted by molar-refractivity contribution is 0.354. The molecule has 3 aromatic rings. The zero-order valence-corrected chi connectivity index (χ0v) is 12.3. The molecule has 0 saturated carbocycles. The molecule has 0 saturated heterocycles. The molecular weight excluding hydrogens is 279 g/mol. The van der Waals surface area contributed by atoms with Crippen LogP contribution in [-0.4, -0.2) is 0 Å². The summed E-state index contributed by atoms with van der Waals surface area (Å²) in [6.45, 7) is 0. The summed E-state index contributed by atoms with van der Waals surface area (Å²) in [6.07, 6.45) is 0. The lowest BCUT2D eigenvalue weighted by atomic mass is 10.0. The van der Waals surface area contributed by atoms with Crippen LogP contribution in [0.5, 0.6) is 0 Å². The number of hydrogen-bond acceptors (Lipinski definition) is 1. The summed E-state index contributed by atoms with van der Waals surface area (Å²) in [6, 6.07) is 28.3. The summed E-state index contributed by atoms with van der Waals surface area (Å²) in [4.78, 5) is 0.910. The molecule has 0 bridgehead atoms. The highest BCUT2D eigenvalue weighted by Gasteiger charge is 2.35. The molecule has 0 radical (unpaired) electrons. The quantitative estimate of drug-likeness (QED) is 0.560. The summed E-state index contributed by atoms with van der Waals surface area (Å²) in [5.74, 6) is 0. The van der Waals surface area contributed by atoms with Gasteiger partial charge in [0.05, 0.1) is 0 Å². The predicted molar refractivity (Wildman–Crippen MR) is 87.1 cm³/mol. The maximum atomic E-state index is 15.9. The van der Waals surface area contributed by atoms with E-state index in [0.29, 0.717) is 11.1 Å². The van der Waals surface area contributed by atoms with Gasteiger partial charge in [0.2, 0.25) is 5.00 Å². The molecule has 3 rings (SSSR count). The van der Waals surface area contributed by atoms with Crippen LogP contribution < -0.4 is 0 Å². The van der Waals surface area contributed by atoms with Gasteiger partial charge in [-0.1, -0.05) is 90.6 Å². The van der Waals surface area contributed by atoms with E-state index in [4.69, 9.17) is 0 Å². The smallest absolute Gasteiger partial charge is 0.211 e. The van der Waals surface area contributed by atoms with Crippen molar-refractivity contribution >= 4 is 11.8 Å². The second-order valence-electron chi connectivity index (χ2n) is 4.74. The van der Waals surface area contributed by atoms with Gasteiger partial charge in [-0.2, -0.15) is 0 Å². The molecule has 0 atom stereocenters. The fourth-order valence-electron chi connectivity index (χ4n) is 2.24. The van der Waals surface area contributed by atoms with Gasteiger partial charge in [-0.25, -0.2) is 4.39 Å². The molecule has 3 aromatic carbocycles. The Labute approximate surface area is 128 Å². The Balaban J connectivity index is 2.07. The van der Waals surface area contributed by atoms with E-state index < -0.39 is 5.00 Å². The molecule has 0 fully saturated rings. The van der Waals surface area contributed by atoms with Crippen LogP contribution in [0.3, 0.4) is 0 Å². The van der Waals surface area contributed by atoms with Gasteiger partial charge in [-0.15, -0.1) is 0 Å². The van der Waals surface area contributed by atoms with Crippen LogP contribution in [0.2, 0.25) is 0 Å². The number of thioether (sulfide) groups is 1. The Morgan fingerprint density at radius 1 is 0.571 bits per heavy atom. The first kappa shape index (κ1) is 13.9. The SMILES string of the molecule is FC(Sc1ccccc1)(c1ccccc1)c1ccccc1. The van der Waals surface area contributed by atoms with Gasteiger partial charge in [0, 0.05) is 16.0 Å². The topological polar surface area (TPSA) is 0 Å². The molecule has 0 aliphatic rings. The highest BCUT2D eigenvalue weighted by molar-refractivity contribution is 8.00. The number of halogens is 1. The minimum Gasteiger partial charge on any atom is -0.221 e. The van der Waals surface area contributed by atoms with E-state index in [9.17, 15) is 0 Å². The molecule has 0 amide bonds. The van der Waals surface area contributed by atoms with Gasteiger partial charge in [-0.05, 0) is 12.1 Å². The molecule has 0 spiro atoms. The summed E-state index contributed by atoms with van der Waals surface area (Å²) < 4.78 is 15.9. The number of rotatable bonds is 4. The minimum atomic E-state index is -1.59. The van der Waals surface area contributed by atoms with E-state index in [0.717, 1.165) is 4.90 Å². The average Bonchev–Trinajstić information content (AvgIpc) is 2.57. The van der Waals surface area contributed by atoms with Crippen LogP contribution in [0.1, 0.15) is 11.1 Å². The molecule has 104 valence electrons. The van der Waals surface area contributed by atoms with Crippen molar-refractivity contribution in [2.24, 2.45) is 0 Å². The van der Waals surface area contributed by atoms with Crippen molar-refractivity contribution in [1.82, 2.24) is 0 Å². The fraction of sp³-hybridized carbons (Fsp3) is 0.0526. The average molecular weight is 294 g/mol. The predicted octanol–water partition coefficient (Wildman–Crippen LogP) is 5.65. The Morgan fingerprint density at radius 3 is 1.38 bits per heavy atom. The Morgan fingerprint density at radius 2 is 0.952 bits per heavy atom. The van der Waals surface area contributed by atoms with Crippen molar-refractivity contribution in [2.45, 2.75) is 9.90 Å². The largest absolute Gasteiger partial charge is 0.221 e. The maximum absolute atomic E-state index is 15.9. The highest BCUT2D eigenvalue weighted by atomic mass is 32.2. The number of hydrogen-bond donors (Lipinski definition) is 0. The number of benzene rings is 3. The monoisotopic (exact) mass is 294 g/mol. The highest BCUT2D eigenvalue weighted by Crippen LogP contribution is 2.47. The molecule has 0 unspecified atom stereocenters. The van der Waals surface area contributed by atoms with Crippen LogP contribution >= 0.6 is 11.8 Å². The minimum absolute atomic E-state index is 0.657. The molecule has 0 aliphatic carbocycles. The Hall–Kier alpha value is -2.06. The van der Waals surface area contributed by atoms with Crippen molar-refractivity contribution in [3.63, 3.8) is 0 Å². The van der Waals surface area contributed by atoms with E-state index in [1.54, 1.807) is 0 Å². The van der Waals surface area contributed by atoms with E-state index in [1.807, 2.05) is 91.0 Å². The Kier molecular flexibility index (Phi) is 4.07. The number of alkyl halides is 1. The molecule has 0 nitrogen and oxygen atoms in total. The lowest BCUT2D eigenvalue weighted by Gasteiger charge is -2.26. The molecule has 0 aromatic heterocycles. The second-order valence-corrected chi connectivity index (χ2v) is 5.98. The van der Waals surface area contributed by atoms with Crippen LogP contribution in [-0.2, 0) is 5.00 Å². The van der Waals surface area contributed by atoms with Gasteiger partial charge in [0.15, 0.2) is 0 Å². The van der Waals surface area contributed by atoms with Crippen molar-refractivity contribution in [1.29, 1.82) is 0 Å². The van der Waals surface area contributed by atoms with Crippen LogP contribution in [0.15, 0.2) is 95.9 Å². The van der Waals surface area contributed by atoms with E-state index >= 15 is 4.39 Å². The second kappa shape index (κ2) is 6.15. The standard InChI is InChI=1S/C19H15FS/c20-19(16-10-4-1-5-11-16,17-12-6-2-7-13-17)21-18-14-8-3-9-15-18/h1-15H. The van der Waals surface area contributed by atoms with Gasteiger partial charge in [0.25, 0.3) is 0 Å². The van der Waals surface area contributed by atoms with Crippen molar-refractivity contribution < 1.29 is 4.39 Å². The van der Waals surface area contributed by atoms with E-state index in [-0.39, 0.29) is 0 Å². The third-order valence-corrected chi connectivity index (χ3v) is 4.55. The van der Waals surface area contributed by atoms with E-state index in [2.05, 4.69) is 0 Å². The molecule has 0 heterocycles. The first-order chi connectivity index (χ1) is 10.3. The molecular formula is C19H15FS. The molecule has 0 aliphatic heterocycles. The normalized spacial score (nSPS) is 11.3. The molecule has 21 heavy (non-hydrogen) atoms. The molecule has 0 N–H and O–H groups in total. The summed E-state index contributed by atoms with van der Waals surface area (Å²) in [5.41, 5.74) is 1.31. The maximum Gasteiger partial charge on any atom is 0.211 e. The summed E-state index contributed by atoms with van der Waals surface area (Å²) in [7, 11) is 0. The van der Waals surface area contributed by atoms with Gasteiger partial charge >= 0.3 is 0 Å². The van der Waals surface area contributed by atoms with Gasteiger partial charge in [0.1, 0.15) is 0 Å². The first-order valence-electron chi connectivity index (χ1n) is 6.83. The fourth-order valence-corrected chi connectivity index (χ4v) is 3.37. The third-order valence-electron chi connectivity index (χ3n) is 3.29. The van der Waals surface area contributed by atoms with Crippen molar-refractivity contribution in [3.8, 4) is 0 Å². The third kappa shape index (κ3) is 3.01. The van der Waals surface area contributed by atoms with Crippen molar-refractivity contribution in [2.75, 3.05) is 0 Å². The summed E-state index contributed by atoms with van der Waals surface area (Å²) in [5, 5.41) is -1.59. The zero-order chi connectivity index (χ0) is 14.5.